The van der Waals surface area contributed by atoms with Crippen molar-refractivity contribution in [1.82, 2.24) is 25.5 Å². The maximum Gasteiger partial charge on any atom is 0.407 e. The van der Waals surface area contributed by atoms with Crippen LogP contribution in [0.15, 0.2) is 30.5 Å². The van der Waals surface area contributed by atoms with E-state index in [0.717, 1.165) is 37.3 Å². The molecule has 0 aliphatic carbocycles. The van der Waals surface area contributed by atoms with Crippen molar-refractivity contribution in [3.05, 3.63) is 36.2 Å². The number of pyridine rings is 2. The molecule has 10 nitrogen and oxygen atoms in total. The summed E-state index contributed by atoms with van der Waals surface area (Å²) in [5.74, 6) is 0.169. The Morgan fingerprint density at radius 3 is 2.85 bits per heavy atom. The van der Waals surface area contributed by atoms with Gasteiger partial charge in [0.05, 0.1) is 23.6 Å². The standard InChI is InChI=1S/C24H32N6O4/c1-3-17-14-25-11-13-30(17)20-8-7-19(18-6-5-10-26-23(18)34-4-2)28-21(20)22(31)27-16-9-12-29(15-16)24(32)33/h5-8,10,16-17,25H,3-4,9,11-15H2,1-2H3,(H,27,31)(H,32,33)/t16-,17-/m1/s1. The molecule has 2 fully saturated rings. The first-order chi connectivity index (χ1) is 16.5. The number of piperazine rings is 1. The Hall–Kier alpha value is -3.40. The van der Waals surface area contributed by atoms with Gasteiger partial charge in [0.25, 0.3) is 5.91 Å². The first-order valence-corrected chi connectivity index (χ1v) is 11.9. The Bertz CT molecular complexity index is 1030. The molecule has 2 aliphatic heterocycles. The van der Waals surface area contributed by atoms with Gasteiger partial charge in [-0.2, -0.15) is 0 Å². The van der Waals surface area contributed by atoms with E-state index < -0.39 is 6.09 Å². The molecule has 2 amide bonds. The molecule has 2 saturated heterocycles. The first-order valence-electron chi connectivity index (χ1n) is 11.9. The molecule has 2 aromatic heterocycles. The molecule has 10 heteroatoms. The van der Waals surface area contributed by atoms with E-state index in [2.05, 4.69) is 27.4 Å². The molecule has 0 spiro atoms. The van der Waals surface area contributed by atoms with E-state index in [9.17, 15) is 14.7 Å². The lowest BCUT2D eigenvalue weighted by Crippen LogP contribution is -2.52. The second-order valence-corrected chi connectivity index (χ2v) is 8.50. The summed E-state index contributed by atoms with van der Waals surface area (Å²) in [6, 6.07) is 7.55. The lowest BCUT2D eigenvalue weighted by atomic mass is 10.1. The number of anilines is 1. The fourth-order valence-corrected chi connectivity index (χ4v) is 4.59. The molecule has 2 aliphatic rings. The molecular formula is C24H32N6O4. The number of amides is 2. The highest BCUT2D eigenvalue weighted by Gasteiger charge is 2.31. The van der Waals surface area contributed by atoms with E-state index >= 15 is 0 Å². The Morgan fingerprint density at radius 2 is 2.12 bits per heavy atom. The summed E-state index contributed by atoms with van der Waals surface area (Å²) in [6.45, 7) is 7.62. The van der Waals surface area contributed by atoms with Crippen molar-refractivity contribution in [3.63, 3.8) is 0 Å². The lowest BCUT2D eigenvalue weighted by Gasteiger charge is -2.38. The van der Waals surface area contributed by atoms with Gasteiger partial charge in [-0.3, -0.25) is 4.79 Å². The normalized spacial score (nSPS) is 20.3. The quantitative estimate of drug-likeness (QED) is 0.566. The molecule has 3 N–H and O–H groups in total. The zero-order valence-corrected chi connectivity index (χ0v) is 19.7. The topological polar surface area (TPSA) is 120 Å². The Morgan fingerprint density at radius 1 is 1.26 bits per heavy atom. The lowest BCUT2D eigenvalue weighted by molar-refractivity contribution is 0.0931. The van der Waals surface area contributed by atoms with Crippen LogP contribution in [0.5, 0.6) is 5.88 Å². The summed E-state index contributed by atoms with van der Waals surface area (Å²) in [5, 5.41) is 15.7. The molecule has 182 valence electrons. The van der Waals surface area contributed by atoms with E-state index in [0.29, 0.717) is 36.8 Å². The molecule has 4 heterocycles. The zero-order valence-electron chi connectivity index (χ0n) is 19.7. The Balaban J connectivity index is 1.69. The number of hydrogen-bond acceptors (Lipinski definition) is 7. The summed E-state index contributed by atoms with van der Waals surface area (Å²) < 4.78 is 5.68. The van der Waals surface area contributed by atoms with Gasteiger partial charge in [0.2, 0.25) is 5.88 Å². The van der Waals surface area contributed by atoms with Gasteiger partial charge in [-0.15, -0.1) is 0 Å². The fourth-order valence-electron chi connectivity index (χ4n) is 4.59. The van der Waals surface area contributed by atoms with E-state index in [1.54, 1.807) is 6.20 Å². The number of hydrogen-bond donors (Lipinski definition) is 3. The highest BCUT2D eigenvalue weighted by Crippen LogP contribution is 2.31. The van der Waals surface area contributed by atoms with Gasteiger partial charge in [0, 0.05) is 51.0 Å². The van der Waals surface area contributed by atoms with Crippen molar-refractivity contribution in [1.29, 1.82) is 0 Å². The number of nitrogens with zero attached hydrogens (tertiary/aromatic N) is 4. The third-order valence-electron chi connectivity index (χ3n) is 6.34. The van der Waals surface area contributed by atoms with Crippen molar-refractivity contribution >= 4 is 17.7 Å². The van der Waals surface area contributed by atoms with Crippen LogP contribution in [0, 0.1) is 0 Å². The maximum atomic E-state index is 13.5. The van der Waals surface area contributed by atoms with E-state index in [4.69, 9.17) is 9.72 Å². The second kappa shape index (κ2) is 10.7. The van der Waals surface area contributed by atoms with Crippen LogP contribution in [0.2, 0.25) is 0 Å². The van der Waals surface area contributed by atoms with Crippen LogP contribution >= 0.6 is 0 Å². The molecule has 0 saturated carbocycles. The number of rotatable bonds is 7. The van der Waals surface area contributed by atoms with Gasteiger partial charge in [-0.1, -0.05) is 6.92 Å². The summed E-state index contributed by atoms with van der Waals surface area (Å²) in [6.07, 6.45) is 2.21. The van der Waals surface area contributed by atoms with Crippen LogP contribution < -0.4 is 20.3 Å². The van der Waals surface area contributed by atoms with Gasteiger partial charge in [-0.25, -0.2) is 14.8 Å². The smallest absolute Gasteiger partial charge is 0.407 e. The molecule has 0 bridgehead atoms. The van der Waals surface area contributed by atoms with Crippen molar-refractivity contribution in [3.8, 4) is 17.1 Å². The number of aromatic nitrogens is 2. The molecule has 0 radical (unpaired) electrons. The number of likely N-dealkylation sites (tertiary alicyclic amines) is 1. The molecule has 0 unspecified atom stereocenters. The largest absolute Gasteiger partial charge is 0.477 e. The van der Waals surface area contributed by atoms with E-state index in [-0.39, 0.29) is 24.5 Å². The summed E-state index contributed by atoms with van der Waals surface area (Å²) in [5.41, 5.74) is 2.44. The molecule has 34 heavy (non-hydrogen) atoms. The van der Waals surface area contributed by atoms with Gasteiger partial charge in [0.1, 0.15) is 0 Å². The zero-order chi connectivity index (χ0) is 24.1. The molecular weight excluding hydrogens is 436 g/mol. The van der Waals surface area contributed by atoms with Crippen LogP contribution in [-0.2, 0) is 0 Å². The summed E-state index contributed by atoms with van der Waals surface area (Å²) in [4.78, 5) is 37.5. The van der Waals surface area contributed by atoms with Crippen molar-refractivity contribution in [2.24, 2.45) is 0 Å². The van der Waals surface area contributed by atoms with Crippen molar-refractivity contribution < 1.29 is 19.4 Å². The fraction of sp³-hybridized carbons (Fsp3) is 0.500. The number of carbonyl (C=O) groups is 2. The van der Waals surface area contributed by atoms with Gasteiger partial charge >= 0.3 is 6.09 Å². The number of ether oxygens (including phenoxy) is 1. The van der Waals surface area contributed by atoms with Crippen LogP contribution in [0.4, 0.5) is 10.5 Å². The Labute approximate surface area is 199 Å². The summed E-state index contributed by atoms with van der Waals surface area (Å²) in [7, 11) is 0. The predicted molar refractivity (Wildman–Crippen MR) is 128 cm³/mol. The average molecular weight is 469 g/mol. The van der Waals surface area contributed by atoms with Gasteiger partial charge in [-0.05, 0) is 44.0 Å². The maximum absolute atomic E-state index is 13.5. The third kappa shape index (κ3) is 5.06. The number of carbonyl (C=O) groups excluding carboxylic acids is 1. The van der Waals surface area contributed by atoms with Crippen LogP contribution in [0.1, 0.15) is 37.2 Å². The third-order valence-corrected chi connectivity index (χ3v) is 6.34. The SMILES string of the molecule is CCOc1ncccc1-c1ccc(N2CCNC[C@H]2CC)c(C(=O)N[C@@H]2CCN(C(=O)O)C2)n1. The second-order valence-electron chi connectivity index (χ2n) is 8.50. The molecule has 4 rings (SSSR count). The van der Waals surface area contributed by atoms with Crippen LogP contribution in [-0.4, -0.2) is 83.4 Å². The predicted octanol–water partition coefficient (Wildman–Crippen LogP) is 2.21. The summed E-state index contributed by atoms with van der Waals surface area (Å²) >= 11 is 0. The number of carboxylic acid groups (broad SMARTS) is 1. The number of nitrogens with one attached hydrogen (secondary N) is 2. The van der Waals surface area contributed by atoms with E-state index in [1.807, 2.05) is 31.2 Å². The van der Waals surface area contributed by atoms with Crippen molar-refractivity contribution in [2.75, 3.05) is 44.2 Å². The van der Waals surface area contributed by atoms with Crippen molar-refractivity contribution in [2.45, 2.75) is 38.8 Å². The molecule has 2 aromatic rings. The highest BCUT2D eigenvalue weighted by molar-refractivity contribution is 5.99. The monoisotopic (exact) mass is 468 g/mol. The highest BCUT2D eigenvalue weighted by atomic mass is 16.5. The van der Waals surface area contributed by atoms with Crippen LogP contribution in [0.25, 0.3) is 11.3 Å². The molecule has 2 atom stereocenters. The Kier molecular flexibility index (Phi) is 7.46. The van der Waals surface area contributed by atoms with Gasteiger partial charge in [0.15, 0.2) is 5.69 Å². The van der Waals surface area contributed by atoms with Crippen LogP contribution in [0.3, 0.4) is 0 Å². The average Bonchev–Trinajstić information content (AvgIpc) is 3.33. The minimum absolute atomic E-state index is 0.246. The first kappa shape index (κ1) is 23.7. The minimum Gasteiger partial charge on any atom is -0.477 e. The molecule has 0 aromatic carbocycles. The van der Waals surface area contributed by atoms with E-state index in [1.165, 1.54) is 4.90 Å². The minimum atomic E-state index is -0.968. The van der Waals surface area contributed by atoms with Gasteiger partial charge < -0.3 is 30.3 Å².